The molecular weight excluding hydrogens is 240 g/mol. The summed E-state index contributed by atoms with van der Waals surface area (Å²) < 4.78 is 1.82. The number of carbonyl (C=O) groups excluding carboxylic acids is 1. The highest BCUT2D eigenvalue weighted by atomic mass is 16.1. The number of nitrogens with zero attached hydrogens (tertiary/aromatic N) is 3. The van der Waals surface area contributed by atoms with Gasteiger partial charge in [-0.2, -0.15) is 10.4 Å². The van der Waals surface area contributed by atoms with E-state index in [-0.39, 0.29) is 17.5 Å². The molecule has 5 nitrogen and oxygen atoms in total. The van der Waals surface area contributed by atoms with Gasteiger partial charge in [0.2, 0.25) is 0 Å². The quantitative estimate of drug-likeness (QED) is 0.630. The third-order valence-corrected chi connectivity index (χ3v) is 2.90. The molecule has 5 heteroatoms. The molecule has 1 unspecified atom stereocenters. The molecule has 0 fully saturated rings. The van der Waals surface area contributed by atoms with Crippen LogP contribution in [0.5, 0.6) is 0 Å². The third-order valence-electron chi connectivity index (χ3n) is 2.90. The molecule has 0 aromatic carbocycles. The maximum atomic E-state index is 11.8. The number of rotatable bonds is 6. The smallest absolute Gasteiger partial charge is 0.262 e. The van der Waals surface area contributed by atoms with E-state index in [2.05, 4.69) is 17.3 Å². The Labute approximate surface area is 113 Å². The van der Waals surface area contributed by atoms with Crippen LogP contribution in [0.2, 0.25) is 0 Å². The molecule has 0 saturated heterocycles. The van der Waals surface area contributed by atoms with E-state index < -0.39 is 0 Å². The minimum Gasteiger partial charge on any atom is -0.351 e. The number of carbonyl (C=O) groups is 1. The molecule has 1 atom stereocenters. The lowest BCUT2D eigenvalue weighted by Crippen LogP contribution is -2.25. The Morgan fingerprint density at radius 2 is 2.37 bits per heavy atom. The van der Waals surface area contributed by atoms with Gasteiger partial charge in [-0.3, -0.25) is 9.48 Å². The minimum atomic E-state index is -0.332. The molecule has 102 valence electrons. The number of amides is 1. The van der Waals surface area contributed by atoms with E-state index in [1.165, 1.54) is 0 Å². The average molecular weight is 260 g/mol. The van der Waals surface area contributed by atoms with Gasteiger partial charge < -0.3 is 5.32 Å². The Hall–Kier alpha value is -2.09. The zero-order valence-electron chi connectivity index (χ0n) is 11.7. The summed E-state index contributed by atoms with van der Waals surface area (Å²) in [6, 6.07) is 3.98. The molecule has 19 heavy (non-hydrogen) atoms. The molecule has 0 spiro atoms. The first kappa shape index (κ1) is 15.0. The molecule has 1 aromatic heterocycles. The molecule has 1 N–H and O–H groups in total. The van der Waals surface area contributed by atoms with Crippen molar-refractivity contribution in [2.24, 2.45) is 0 Å². The van der Waals surface area contributed by atoms with E-state index in [9.17, 15) is 4.79 Å². The second kappa shape index (κ2) is 7.37. The third kappa shape index (κ3) is 3.95. The fraction of sp³-hybridized carbons (Fsp3) is 0.500. The van der Waals surface area contributed by atoms with Crippen LogP contribution in [-0.2, 0) is 4.79 Å². The van der Waals surface area contributed by atoms with Crippen LogP contribution in [0.3, 0.4) is 0 Å². The number of hydrogen-bond donors (Lipinski definition) is 1. The van der Waals surface area contributed by atoms with Crippen molar-refractivity contribution in [1.82, 2.24) is 15.1 Å². The lowest BCUT2D eigenvalue weighted by atomic mass is 10.2. The van der Waals surface area contributed by atoms with E-state index in [1.54, 1.807) is 18.3 Å². The Morgan fingerprint density at radius 1 is 1.63 bits per heavy atom. The predicted molar refractivity (Wildman–Crippen MR) is 74.1 cm³/mol. The Bertz CT molecular complexity index is 496. The van der Waals surface area contributed by atoms with E-state index in [0.29, 0.717) is 6.54 Å². The van der Waals surface area contributed by atoms with Gasteiger partial charge in [-0.1, -0.05) is 13.8 Å². The molecule has 1 amide bonds. The van der Waals surface area contributed by atoms with E-state index in [4.69, 9.17) is 5.26 Å². The van der Waals surface area contributed by atoms with Gasteiger partial charge in [-0.05, 0) is 31.9 Å². The van der Waals surface area contributed by atoms with E-state index in [1.807, 2.05) is 24.6 Å². The highest BCUT2D eigenvalue weighted by Gasteiger charge is 2.11. The first-order valence-corrected chi connectivity index (χ1v) is 6.57. The van der Waals surface area contributed by atoms with Crippen molar-refractivity contribution in [3.05, 3.63) is 23.5 Å². The molecule has 0 aliphatic heterocycles. The summed E-state index contributed by atoms with van der Waals surface area (Å²) in [5, 5.41) is 16.0. The molecule has 0 bridgehead atoms. The highest BCUT2D eigenvalue weighted by molar-refractivity contribution is 6.01. The Morgan fingerprint density at radius 3 is 2.95 bits per heavy atom. The molecule has 0 aliphatic rings. The van der Waals surface area contributed by atoms with Gasteiger partial charge in [0.25, 0.3) is 5.91 Å². The zero-order valence-corrected chi connectivity index (χ0v) is 11.7. The van der Waals surface area contributed by atoms with E-state index in [0.717, 1.165) is 18.5 Å². The lowest BCUT2D eigenvalue weighted by molar-refractivity contribution is -0.117. The summed E-state index contributed by atoms with van der Waals surface area (Å²) in [7, 11) is 0. The fourth-order valence-electron chi connectivity index (χ4n) is 1.61. The maximum Gasteiger partial charge on any atom is 0.262 e. The van der Waals surface area contributed by atoms with Crippen LogP contribution >= 0.6 is 0 Å². The van der Waals surface area contributed by atoms with Crippen molar-refractivity contribution in [3.63, 3.8) is 0 Å². The maximum absolute atomic E-state index is 11.8. The largest absolute Gasteiger partial charge is 0.351 e. The highest BCUT2D eigenvalue weighted by Crippen LogP contribution is 2.15. The van der Waals surface area contributed by atoms with Gasteiger partial charge >= 0.3 is 0 Å². The first-order chi connectivity index (χ1) is 9.13. The number of aromatic nitrogens is 2. The zero-order chi connectivity index (χ0) is 14.3. The van der Waals surface area contributed by atoms with E-state index >= 15 is 0 Å². The second-order valence-corrected chi connectivity index (χ2v) is 4.38. The average Bonchev–Trinajstić information content (AvgIpc) is 2.89. The molecule has 0 aliphatic carbocycles. The van der Waals surface area contributed by atoms with Gasteiger partial charge in [-0.15, -0.1) is 0 Å². The molecule has 1 rings (SSSR count). The van der Waals surface area contributed by atoms with Gasteiger partial charge in [0.15, 0.2) is 0 Å². The van der Waals surface area contributed by atoms with Crippen molar-refractivity contribution in [2.45, 2.75) is 39.7 Å². The van der Waals surface area contributed by atoms with Crippen molar-refractivity contribution in [3.8, 4) is 6.07 Å². The molecule has 0 radical (unpaired) electrons. The summed E-state index contributed by atoms with van der Waals surface area (Å²) in [6.45, 7) is 6.66. The predicted octanol–water partition coefficient (Wildman–Crippen LogP) is 2.29. The van der Waals surface area contributed by atoms with Crippen molar-refractivity contribution >= 4 is 12.0 Å². The lowest BCUT2D eigenvalue weighted by Gasteiger charge is -2.11. The molecule has 1 aromatic rings. The number of hydrogen-bond acceptors (Lipinski definition) is 3. The normalized spacial score (nSPS) is 12.8. The first-order valence-electron chi connectivity index (χ1n) is 6.57. The van der Waals surface area contributed by atoms with Gasteiger partial charge in [0.05, 0.1) is 5.69 Å². The number of nitriles is 1. The van der Waals surface area contributed by atoms with Crippen molar-refractivity contribution < 1.29 is 4.79 Å². The summed E-state index contributed by atoms with van der Waals surface area (Å²) in [6.07, 6.45) is 5.04. The minimum absolute atomic E-state index is 0.110. The van der Waals surface area contributed by atoms with Gasteiger partial charge in [0.1, 0.15) is 11.6 Å². The fourth-order valence-corrected chi connectivity index (χ4v) is 1.61. The van der Waals surface area contributed by atoms with Crippen LogP contribution in [0.4, 0.5) is 0 Å². The monoisotopic (exact) mass is 260 g/mol. The Kier molecular flexibility index (Phi) is 5.80. The SMILES string of the molecule is CCCNC(=O)/C(C#N)=C/c1ccnn1C(C)CC. The molecular formula is C14H20N4O. The topological polar surface area (TPSA) is 70.7 Å². The van der Waals surface area contributed by atoms with Crippen LogP contribution in [-0.4, -0.2) is 22.2 Å². The van der Waals surface area contributed by atoms with Gasteiger partial charge in [0, 0.05) is 18.8 Å². The Balaban J connectivity index is 2.96. The van der Waals surface area contributed by atoms with Crippen LogP contribution in [0.25, 0.3) is 6.08 Å². The van der Waals surface area contributed by atoms with Crippen LogP contribution in [0.1, 0.15) is 45.3 Å². The number of nitrogens with one attached hydrogen (secondary N) is 1. The summed E-state index contributed by atoms with van der Waals surface area (Å²) in [5.41, 5.74) is 0.885. The van der Waals surface area contributed by atoms with Crippen LogP contribution in [0, 0.1) is 11.3 Å². The van der Waals surface area contributed by atoms with Crippen LogP contribution in [0.15, 0.2) is 17.8 Å². The summed E-state index contributed by atoms with van der Waals surface area (Å²) >= 11 is 0. The second-order valence-electron chi connectivity index (χ2n) is 4.38. The van der Waals surface area contributed by atoms with Crippen LogP contribution < -0.4 is 5.32 Å². The van der Waals surface area contributed by atoms with Crippen molar-refractivity contribution in [2.75, 3.05) is 6.54 Å². The summed E-state index contributed by atoms with van der Waals surface area (Å²) in [4.78, 5) is 11.8. The van der Waals surface area contributed by atoms with Gasteiger partial charge in [-0.25, -0.2) is 0 Å². The molecule has 1 heterocycles. The summed E-state index contributed by atoms with van der Waals surface area (Å²) in [5.74, 6) is -0.332. The van der Waals surface area contributed by atoms with Crippen molar-refractivity contribution in [1.29, 1.82) is 5.26 Å². The molecule has 0 saturated carbocycles. The standard InChI is InChI=1S/C14H20N4O/c1-4-7-16-14(19)12(10-15)9-13-6-8-17-18(13)11(3)5-2/h6,8-9,11H,4-5,7H2,1-3H3,(H,16,19)/b12-9+.